The van der Waals surface area contributed by atoms with Crippen LogP contribution in [0.1, 0.15) is 20.8 Å². The van der Waals surface area contributed by atoms with Crippen molar-refractivity contribution in [2.45, 2.75) is 46.1 Å². The average molecular weight is 311 g/mol. The molecule has 0 unspecified atom stereocenters. The molecule has 0 saturated carbocycles. The Balaban J connectivity index is -0.000000579. The van der Waals surface area contributed by atoms with Crippen LogP contribution in [0.2, 0.25) is 25.3 Å². The van der Waals surface area contributed by atoms with E-state index in [9.17, 15) is 0 Å². The van der Waals surface area contributed by atoms with E-state index in [1.165, 1.54) is 0 Å². The van der Waals surface area contributed by atoms with Crippen molar-refractivity contribution in [3.05, 3.63) is 0 Å². The zero-order chi connectivity index (χ0) is 15.9. The van der Waals surface area contributed by atoms with Gasteiger partial charge in [-0.25, -0.2) is 0 Å². The highest BCUT2D eigenvalue weighted by atomic mass is 28.4. The highest BCUT2D eigenvalue weighted by Gasteiger charge is 2.40. The van der Waals surface area contributed by atoms with Gasteiger partial charge in [0.25, 0.3) is 0 Å². The van der Waals surface area contributed by atoms with Crippen LogP contribution < -0.4 is 0 Å². The predicted molar refractivity (Wildman–Crippen MR) is 83.0 cm³/mol. The van der Waals surface area contributed by atoms with Gasteiger partial charge in [0.05, 0.1) is 0 Å². The van der Waals surface area contributed by atoms with Gasteiger partial charge in [-0.1, -0.05) is 0 Å². The van der Waals surface area contributed by atoms with E-state index in [0.717, 1.165) is 25.5 Å². The topological polar surface area (TPSA) is 61.8 Å². The molecule has 0 aliphatic rings. The zero-order valence-corrected chi connectivity index (χ0v) is 15.3. The molecular weight excluding hydrogens is 280 g/mol. The van der Waals surface area contributed by atoms with Gasteiger partial charge in [0, 0.05) is 25.5 Å². The maximum absolute atomic E-state index is 8.00. The summed E-state index contributed by atoms with van der Waals surface area (Å²) in [6, 6.07) is 0. The molecular formula is C12H30O5Si2. The Kier molecular flexibility index (Phi) is 17.6. The molecule has 5 nitrogen and oxygen atoms in total. The highest BCUT2D eigenvalue weighted by molar-refractivity contribution is 6.87. The van der Waals surface area contributed by atoms with Crippen molar-refractivity contribution < 1.29 is 22.9 Å². The van der Waals surface area contributed by atoms with E-state index < -0.39 is 16.9 Å². The van der Waals surface area contributed by atoms with Crippen LogP contribution in [-0.4, -0.2) is 50.3 Å². The second-order valence-electron chi connectivity index (χ2n) is 4.37. The molecule has 0 aromatic carbocycles. The van der Waals surface area contributed by atoms with Crippen molar-refractivity contribution in [1.29, 1.82) is 0 Å². The van der Waals surface area contributed by atoms with Gasteiger partial charge in [0.2, 0.25) is 0 Å². The average Bonchev–Trinajstić information content (AvgIpc) is 2.33. The normalized spacial score (nSPS) is 10.8. The summed E-state index contributed by atoms with van der Waals surface area (Å²) in [4.78, 5) is 16.0. The summed E-state index contributed by atoms with van der Waals surface area (Å²) in [5, 5.41) is 0. The van der Waals surface area contributed by atoms with Gasteiger partial charge in [-0.05, 0) is 40.4 Å². The number of carbonyl (C=O) groups excluding carboxylic acids is 2. The quantitative estimate of drug-likeness (QED) is 0.645. The summed E-state index contributed by atoms with van der Waals surface area (Å²) in [5.41, 5.74) is 1.01. The minimum atomic E-state index is -1.99. The highest BCUT2D eigenvalue weighted by Crippen LogP contribution is 2.22. The molecule has 116 valence electrons. The van der Waals surface area contributed by atoms with Crippen LogP contribution in [0, 0.1) is 0 Å². The molecule has 7 heteroatoms. The summed E-state index contributed by atoms with van der Waals surface area (Å²) in [5.74, 6) is 0. The Bertz CT molecular complexity index is 195. The molecule has 0 radical (unpaired) electrons. The Labute approximate surface area is 120 Å². The van der Waals surface area contributed by atoms with E-state index >= 15 is 0 Å². The summed E-state index contributed by atoms with van der Waals surface area (Å²) in [6.07, 6.45) is 0. The van der Waals surface area contributed by atoms with Gasteiger partial charge in [0.15, 0.2) is 8.32 Å². The first-order valence-electron chi connectivity index (χ1n) is 6.38. The van der Waals surface area contributed by atoms with Crippen molar-refractivity contribution in [2.24, 2.45) is 0 Å². The molecule has 0 spiro atoms. The van der Waals surface area contributed by atoms with Crippen LogP contribution >= 0.6 is 0 Å². The Morgan fingerprint density at radius 3 is 1.32 bits per heavy atom. The van der Waals surface area contributed by atoms with Crippen LogP contribution in [0.4, 0.5) is 0 Å². The lowest BCUT2D eigenvalue weighted by Gasteiger charge is -2.32. The molecule has 0 N–H and O–H groups in total. The molecule has 0 aromatic heterocycles. The first kappa shape index (κ1) is 23.7. The van der Waals surface area contributed by atoms with Crippen molar-refractivity contribution in [3.8, 4) is 0 Å². The van der Waals surface area contributed by atoms with Crippen LogP contribution in [0.3, 0.4) is 0 Å². The third-order valence-corrected chi connectivity index (χ3v) is 11.0. The van der Waals surface area contributed by atoms with E-state index in [0.29, 0.717) is 0 Å². The fourth-order valence-corrected chi connectivity index (χ4v) is 11.5. The van der Waals surface area contributed by atoms with Crippen molar-refractivity contribution >= 4 is 30.5 Å². The monoisotopic (exact) mass is 310 g/mol. The third kappa shape index (κ3) is 13.9. The molecule has 0 aliphatic heterocycles. The predicted octanol–water partition coefficient (Wildman–Crippen LogP) is 2.54. The van der Waals surface area contributed by atoms with Gasteiger partial charge < -0.3 is 22.9 Å². The molecule has 0 amide bonds. The number of hydrogen-bond donors (Lipinski definition) is 0. The molecule has 0 heterocycles. The van der Waals surface area contributed by atoms with Gasteiger partial charge in [-0.3, -0.25) is 0 Å². The summed E-state index contributed by atoms with van der Waals surface area (Å²) >= 11 is 0. The largest absolute Gasteiger partial charge is 0.418 e. The minimum absolute atomic E-state index is 0.735. The lowest BCUT2D eigenvalue weighted by atomic mass is 10.9. The number of rotatable bonds is 8. The minimum Gasteiger partial charge on any atom is -0.418 e. The maximum atomic E-state index is 8.00. The Morgan fingerprint density at radius 1 is 0.737 bits per heavy atom. The zero-order valence-electron chi connectivity index (χ0n) is 13.3. The molecule has 19 heavy (non-hydrogen) atoms. The molecule has 0 fully saturated rings. The fraction of sp³-hybridized carbons (Fsp3) is 0.833. The first-order valence-corrected chi connectivity index (χ1v) is 12.0. The van der Waals surface area contributed by atoms with Gasteiger partial charge in [-0.2, -0.15) is 0 Å². The number of carbonyl (C=O) groups is 2. The summed E-state index contributed by atoms with van der Waals surface area (Å²) < 4.78 is 17.5. The smallest absolute Gasteiger partial charge is 0.334 e. The Morgan fingerprint density at radius 2 is 1.05 bits per heavy atom. The third-order valence-electron chi connectivity index (χ3n) is 2.18. The van der Waals surface area contributed by atoms with E-state index in [4.69, 9.17) is 22.9 Å². The fourth-order valence-electron chi connectivity index (χ4n) is 1.97. The van der Waals surface area contributed by atoms with Crippen molar-refractivity contribution in [2.75, 3.05) is 19.8 Å². The second kappa shape index (κ2) is 14.1. The van der Waals surface area contributed by atoms with E-state index in [1.54, 1.807) is 0 Å². The molecule has 0 saturated heterocycles. The second-order valence-corrected chi connectivity index (χ2v) is 12.4. The van der Waals surface area contributed by atoms with Crippen molar-refractivity contribution in [3.63, 3.8) is 0 Å². The maximum Gasteiger partial charge on any atom is 0.334 e. The molecule has 0 atom stereocenters. The van der Waals surface area contributed by atoms with E-state index in [1.807, 2.05) is 27.4 Å². The molecule has 0 rings (SSSR count). The Hall–Kier alpha value is -0.346. The molecule has 0 aromatic rings. The van der Waals surface area contributed by atoms with Crippen LogP contribution in [0.25, 0.3) is 0 Å². The van der Waals surface area contributed by atoms with Gasteiger partial charge >= 0.3 is 8.56 Å². The lowest BCUT2D eigenvalue weighted by molar-refractivity contribution is -0.0987. The van der Waals surface area contributed by atoms with E-state index in [-0.39, 0.29) is 0 Å². The van der Waals surface area contributed by atoms with Crippen molar-refractivity contribution in [1.82, 2.24) is 0 Å². The number of hydrogen-bond acceptors (Lipinski definition) is 5. The van der Waals surface area contributed by atoms with Crippen LogP contribution in [-0.2, 0) is 22.9 Å². The standard InChI is InChI=1S/C10H26O3Si2.2CH2O/c1-7-11-14(4,5)10-15(6,12-8-2)13-9-3;2*1-2/h7-10H2,1-6H3;2*1H2. The van der Waals surface area contributed by atoms with Gasteiger partial charge in [-0.15, -0.1) is 0 Å². The van der Waals surface area contributed by atoms with Gasteiger partial charge in [0.1, 0.15) is 13.6 Å². The lowest BCUT2D eigenvalue weighted by Crippen LogP contribution is -2.48. The molecule has 0 bridgehead atoms. The van der Waals surface area contributed by atoms with Crippen LogP contribution in [0.5, 0.6) is 0 Å². The summed E-state index contributed by atoms with van der Waals surface area (Å²) in [7, 11) is -3.59. The van der Waals surface area contributed by atoms with Crippen LogP contribution in [0.15, 0.2) is 0 Å². The SMILES string of the molecule is C=O.C=O.CCO[Si](C)(C)C[Si](C)(OCC)OCC. The first-order chi connectivity index (χ1) is 8.89. The molecule has 0 aliphatic carbocycles. The summed E-state index contributed by atoms with van der Waals surface area (Å²) in [6.45, 7) is 19.0. The van der Waals surface area contributed by atoms with E-state index in [2.05, 4.69) is 26.6 Å².